The van der Waals surface area contributed by atoms with E-state index in [1.165, 1.54) is 0 Å². The van der Waals surface area contributed by atoms with Crippen LogP contribution >= 0.6 is 0 Å². The van der Waals surface area contributed by atoms with E-state index in [9.17, 15) is 9.59 Å². The Labute approximate surface area is 201 Å². The van der Waals surface area contributed by atoms with E-state index in [-0.39, 0.29) is 11.8 Å². The van der Waals surface area contributed by atoms with Gasteiger partial charge in [0.15, 0.2) is 0 Å². The molecule has 2 aromatic rings. The van der Waals surface area contributed by atoms with E-state index in [1.807, 2.05) is 9.80 Å². The Hall–Kier alpha value is -3.40. The molecular weight excluding hydrogens is 420 g/mol. The Balaban J connectivity index is 1.74. The van der Waals surface area contributed by atoms with Crippen LogP contribution < -0.4 is 9.80 Å². The molecule has 0 unspecified atom stereocenters. The number of anilines is 2. The number of allylic oxidation sites excluding steroid dienone is 2. The van der Waals surface area contributed by atoms with Crippen LogP contribution in [0, 0.1) is 13.8 Å². The summed E-state index contributed by atoms with van der Waals surface area (Å²) in [4.78, 5) is 32.2. The van der Waals surface area contributed by atoms with Gasteiger partial charge in [-0.1, -0.05) is 12.2 Å². The molecule has 34 heavy (non-hydrogen) atoms. The fraction of sp³-hybridized carbons (Fsp3) is 0.333. The van der Waals surface area contributed by atoms with E-state index < -0.39 is 11.1 Å². The normalized spacial score (nSPS) is 23.2. The standard InChI is InChI=1S/C30H30N2O2/c1-15-9-19-17(3)13-29(5,6)31-25(19)21(11-15)23(27(31)33)24-22-12-16(2)10-20-18(4)14-30(7,8)32(26(20)22)28(24)34/h9-14H,1-8H3. The maximum atomic E-state index is 14.2. The highest BCUT2D eigenvalue weighted by molar-refractivity contribution is 6.51. The van der Waals surface area contributed by atoms with Gasteiger partial charge in [-0.3, -0.25) is 19.4 Å². The van der Waals surface area contributed by atoms with Crippen molar-refractivity contribution in [2.75, 3.05) is 9.80 Å². The van der Waals surface area contributed by atoms with Crippen molar-refractivity contribution in [3.63, 3.8) is 0 Å². The maximum absolute atomic E-state index is 14.2. The fourth-order valence-corrected chi connectivity index (χ4v) is 6.61. The molecule has 0 saturated carbocycles. The predicted octanol–water partition coefficient (Wildman–Crippen LogP) is 6.30. The molecule has 4 heteroatoms. The van der Waals surface area contributed by atoms with Crippen LogP contribution in [0.15, 0.2) is 36.4 Å². The minimum Gasteiger partial charge on any atom is -0.298 e. The highest BCUT2D eigenvalue weighted by atomic mass is 16.2. The van der Waals surface area contributed by atoms with Gasteiger partial charge >= 0.3 is 0 Å². The van der Waals surface area contributed by atoms with Gasteiger partial charge in [0.05, 0.1) is 33.6 Å². The molecule has 0 N–H and O–H groups in total. The molecule has 172 valence electrons. The van der Waals surface area contributed by atoms with Gasteiger partial charge in [-0.2, -0.15) is 0 Å². The van der Waals surface area contributed by atoms with Crippen molar-refractivity contribution < 1.29 is 9.59 Å². The minimum absolute atomic E-state index is 0.0865. The first-order chi connectivity index (χ1) is 15.8. The summed E-state index contributed by atoms with van der Waals surface area (Å²) in [6.45, 7) is 16.6. The molecule has 0 fully saturated rings. The number of carbonyl (C=O) groups excluding carboxylic acids is 2. The molecule has 0 aromatic heterocycles. The lowest BCUT2D eigenvalue weighted by molar-refractivity contribution is -0.115. The SMILES string of the molecule is CC1=CC(C)(C)N2C(=O)C(=C3C(=O)N4c5c(cc(C)cc53)C(C)=CC4(C)C)c3cc(C)cc1c32. The van der Waals surface area contributed by atoms with Crippen molar-refractivity contribution in [2.45, 2.75) is 66.5 Å². The topological polar surface area (TPSA) is 40.6 Å². The highest BCUT2D eigenvalue weighted by Gasteiger charge is 2.51. The maximum Gasteiger partial charge on any atom is 0.260 e. The van der Waals surface area contributed by atoms with Crippen molar-refractivity contribution in [1.29, 1.82) is 0 Å². The predicted molar refractivity (Wildman–Crippen MR) is 140 cm³/mol. The summed E-state index contributed by atoms with van der Waals surface area (Å²) in [5.41, 5.74) is 10.4. The molecular formula is C30H30N2O2. The average molecular weight is 451 g/mol. The lowest BCUT2D eigenvalue weighted by atomic mass is 9.87. The highest BCUT2D eigenvalue weighted by Crippen LogP contribution is 2.56. The monoisotopic (exact) mass is 450 g/mol. The number of rotatable bonds is 0. The number of hydrogen-bond acceptors (Lipinski definition) is 2. The summed E-state index contributed by atoms with van der Waals surface area (Å²) in [5.74, 6) is -0.173. The largest absolute Gasteiger partial charge is 0.298 e. The second-order valence-corrected chi connectivity index (χ2v) is 11.4. The molecule has 0 spiro atoms. The molecule has 4 aliphatic heterocycles. The first-order valence-electron chi connectivity index (χ1n) is 12.0. The molecule has 0 bridgehead atoms. The number of nitrogens with zero attached hydrogens (tertiary/aromatic N) is 2. The smallest absolute Gasteiger partial charge is 0.260 e. The third-order valence-electron chi connectivity index (χ3n) is 7.72. The van der Waals surface area contributed by atoms with Gasteiger partial charge in [-0.15, -0.1) is 0 Å². The van der Waals surface area contributed by atoms with Crippen molar-refractivity contribution in [1.82, 2.24) is 0 Å². The van der Waals surface area contributed by atoms with Gasteiger partial charge in [0.25, 0.3) is 11.8 Å². The number of benzene rings is 2. The quantitative estimate of drug-likeness (QED) is 0.442. The first-order valence-corrected chi connectivity index (χ1v) is 12.0. The van der Waals surface area contributed by atoms with Crippen molar-refractivity contribution in [3.8, 4) is 0 Å². The molecule has 2 amide bonds. The summed E-state index contributed by atoms with van der Waals surface area (Å²) >= 11 is 0. The number of aryl methyl sites for hydroxylation is 2. The van der Waals surface area contributed by atoms with E-state index in [4.69, 9.17) is 0 Å². The lowest BCUT2D eigenvalue weighted by Gasteiger charge is -2.39. The molecule has 4 heterocycles. The average Bonchev–Trinajstić information content (AvgIpc) is 3.15. The zero-order chi connectivity index (χ0) is 24.5. The Morgan fingerprint density at radius 2 is 0.882 bits per heavy atom. The van der Waals surface area contributed by atoms with Gasteiger partial charge in [0.1, 0.15) is 0 Å². The zero-order valence-electron chi connectivity index (χ0n) is 21.2. The second kappa shape index (κ2) is 6.18. The molecule has 0 aliphatic carbocycles. The molecule has 0 saturated heterocycles. The summed E-state index contributed by atoms with van der Waals surface area (Å²) in [6, 6.07) is 8.46. The summed E-state index contributed by atoms with van der Waals surface area (Å²) in [7, 11) is 0. The molecule has 0 atom stereocenters. The van der Waals surface area contributed by atoms with Crippen LogP contribution in [0.4, 0.5) is 11.4 Å². The Morgan fingerprint density at radius 3 is 1.24 bits per heavy atom. The fourth-order valence-electron chi connectivity index (χ4n) is 6.61. The summed E-state index contributed by atoms with van der Waals surface area (Å²) in [5, 5.41) is 0. The molecule has 0 radical (unpaired) electrons. The molecule has 4 nitrogen and oxygen atoms in total. The van der Waals surface area contributed by atoms with E-state index >= 15 is 0 Å². The minimum atomic E-state index is -0.478. The first kappa shape index (κ1) is 21.2. The van der Waals surface area contributed by atoms with Gasteiger partial charge < -0.3 is 0 Å². The van der Waals surface area contributed by atoms with Crippen LogP contribution in [0.2, 0.25) is 0 Å². The van der Waals surface area contributed by atoms with Crippen LogP contribution in [0.5, 0.6) is 0 Å². The molecule has 2 aromatic carbocycles. The van der Waals surface area contributed by atoms with Crippen LogP contribution in [-0.4, -0.2) is 22.9 Å². The van der Waals surface area contributed by atoms with Crippen LogP contribution in [0.25, 0.3) is 22.3 Å². The van der Waals surface area contributed by atoms with E-state index in [2.05, 4.69) is 91.8 Å². The number of amides is 2. The zero-order valence-corrected chi connectivity index (χ0v) is 21.2. The van der Waals surface area contributed by atoms with Gasteiger partial charge in [0, 0.05) is 22.3 Å². The van der Waals surface area contributed by atoms with Crippen molar-refractivity contribution in [3.05, 3.63) is 69.8 Å². The number of hydrogen-bond donors (Lipinski definition) is 0. The molecule has 6 rings (SSSR count). The van der Waals surface area contributed by atoms with E-state index in [0.29, 0.717) is 11.1 Å². The van der Waals surface area contributed by atoms with Gasteiger partial charge in [0.2, 0.25) is 0 Å². The second-order valence-electron chi connectivity index (χ2n) is 11.4. The Morgan fingerprint density at radius 1 is 0.559 bits per heavy atom. The summed E-state index contributed by atoms with van der Waals surface area (Å²) in [6.07, 6.45) is 4.32. The van der Waals surface area contributed by atoms with Crippen LogP contribution in [0.1, 0.15) is 74.9 Å². The lowest BCUT2D eigenvalue weighted by Crippen LogP contribution is -2.47. The van der Waals surface area contributed by atoms with E-state index in [0.717, 1.165) is 55.9 Å². The third kappa shape index (κ3) is 2.43. The van der Waals surface area contributed by atoms with Crippen molar-refractivity contribution in [2.24, 2.45) is 0 Å². The molecule has 4 aliphatic rings. The third-order valence-corrected chi connectivity index (χ3v) is 7.72. The van der Waals surface area contributed by atoms with E-state index in [1.54, 1.807) is 0 Å². The van der Waals surface area contributed by atoms with Gasteiger partial charge in [-0.05, 0) is 102 Å². The van der Waals surface area contributed by atoms with Crippen LogP contribution in [-0.2, 0) is 9.59 Å². The van der Waals surface area contributed by atoms with Crippen LogP contribution in [0.3, 0.4) is 0 Å². The Bertz CT molecular complexity index is 1370. The Kier molecular flexibility index (Phi) is 3.84. The number of carbonyl (C=O) groups is 2. The van der Waals surface area contributed by atoms with Crippen molar-refractivity contribution >= 4 is 45.5 Å². The summed E-state index contributed by atoms with van der Waals surface area (Å²) < 4.78 is 0. The van der Waals surface area contributed by atoms with Gasteiger partial charge in [-0.25, -0.2) is 0 Å².